The van der Waals surface area contributed by atoms with Crippen LogP contribution in [0.3, 0.4) is 0 Å². The second-order valence-corrected chi connectivity index (χ2v) is 6.84. The SMILES string of the molecule is Cl.Cl.O=C(N[C@@H]1CCOc2ccccc21)C1CN2CC(F)(F)C[C@@H]2CN1. The number of benzene rings is 1. The molecule has 2 fully saturated rings. The Kier molecular flexibility index (Phi) is 6.71. The lowest BCUT2D eigenvalue weighted by Crippen LogP contribution is -2.59. The molecule has 0 saturated carbocycles. The summed E-state index contributed by atoms with van der Waals surface area (Å²) in [7, 11) is 0. The zero-order valence-corrected chi connectivity index (χ0v) is 15.8. The van der Waals surface area contributed by atoms with Crippen LogP contribution in [0.25, 0.3) is 0 Å². The lowest BCUT2D eigenvalue weighted by molar-refractivity contribution is -0.125. The van der Waals surface area contributed by atoms with Gasteiger partial charge in [0.05, 0.1) is 25.2 Å². The number of piperazine rings is 1. The van der Waals surface area contributed by atoms with Crippen molar-refractivity contribution in [2.45, 2.75) is 36.9 Å². The van der Waals surface area contributed by atoms with Crippen molar-refractivity contribution in [3.05, 3.63) is 29.8 Å². The molecule has 0 radical (unpaired) electrons. The summed E-state index contributed by atoms with van der Waals surface area (Å²) in [6, 6.07) is 6.94. The van der Waals surface area contributed by atoms with Crippen molar-refractivity contribution in [1.82, 2.24) is 15.5 Å². The highest BCUT2D eigenvalue weighted by Gasteiger charge is 2.47. The second-order valence-electron chi connectivity index (χ2n) is 6.84. The van der Waals surface area contributed by atoms with Gasteiger partial charge in [-0.15, -0.1) is 24.8 Å². The molecule has 9 heteroatoms. The molecule has 1 unspecified atom stereocenters. The first kappa shape index (κ1) is 21.2. The highest BCUT2D eigenvalue weighted by Crippen LogP contribution is 2.34. The summed E-state index contributed by atoms with van der Waals surface area (Å²) >= 11 is 0. The summed E-state index contributed by atoms with van der Waals surface area (Å²) in [5.41, 5.74) is 0.971. The molecule has 1 amide bonds. The third-order valence-corrected chi connectivity index (χ3v) is 5.09. The molecule has 26 heavy (non-hydrogen) atoms. The van der Waals surface area contributed by atoms with E-state index in [1.807, 2.05) is 24.3 Å². The van der Waals surface area contributed by atoms with E-state index in [1.54, 1.807) is 4.90 Å². The van der Waals surface area contributed by atoms with Gasteiger partial charge in [0.15, 0.2) is 0 Å². The van der Waals surface area contributed by atoms with Gasteiger partial charge < -0.3 is 15.4 Å². The Morgan fingerprint density at radius 3 is 2.88 bits per heavy atom. The van der Waals surface area contributed by atoms with Crippen LogP contribution in [0.2, 0.25) is 0 Å². The van der Waals surface area contributed by atoms with Crippen LogP contribution < -0.4 is 15.4 Å². The van der Waals surface area contributed by atoms with Crippen molar-refractivity contribution in [3.63, 3.8) is 0 Å². The van der Waals surface area contributed by atoms with Gasteiger partial charge in [-0.05, 0) is 6.07 Å². The van der Waals surface area contributed by atoms with Crippen LogP contribution >= 0.6 is 24.8 Å². The van der Waals surface area contributed by atoms with Crippen molar-refractivity contribution in [2.75, 3.05) is 26.2 Å². The summed E-state index contributed by atoms with van der Waals surface area (Å²) in [4.78, 5) is 14.3. The lowest BCUT2D eigenvalue weighted by atomic mass is 10.00. The predicted octanol–water partition coefficient (Wildman–Crippen LogP) is 2.15. The minimum atomic E-state index is -2.64. The molecule has 5 nitrogen and oxygen atoms in total. The van der Waals surface area contributed by atoms with E-state index in [0.29, 0.717) is 26.1 Å². The van der Waals surface area contributed by atoms with E-state index in [4.69, 9.17) is 4.74 Å². The molecule has 2 saturated heterocycles. The number of ether oxygens (including phenoxy) is 1. The Labute approximate surface area is 163 Å². The molecule has 1 aromatic carbocycles. The lowest BCUT2D eigenvalue weighted by Gasteiger charge is -2.36. The Hall–Kier alpha value is -1.15. The largest absolute Gasteiger partial charge is 0.493 e. The maximum absolute atomic E-state index is 13.5. The summed E-state index contributed by atoms with van der Waals surface area (Å²) < 4.78 is 32.7. The third-order valence-electron chi connectivity index (χ3n) is 5.09. The zero-order valence-electron chi connectivity index (χ0n) is 14.1. The molecule has 2 N–H and O–H groups in total. The van der Waals surface area contributed by atoms with Crippen LogP contribution in [-0.2, 0) is 4.79 Å². The number of hydrogen-bond acceptors (Lipinski definition) is 4. The number of carbonyl (C=O) groups excluding carboxylic acids is 1. The fraction of sp³-hybridized carbons (Fsp3) is 0.588. The van der Waals surface area contributed by atoms with Crippen LogP contribution in [0.4, 0.5) is 8.78 Å². The van der Waals surface area contributed by atoms with E-state index in [-0.39, 0.29) is 55.8 Å². The monoisotopic (exact) mass is 409 g/mol. The minimum Gasteiger partial charge on any atom is -0.493 e. The van der Waals surface area contributed by atoms with Gasteiger partial charge in [-0.3, -0.25) is 9.69 Å². The topological polar surface area (TPSA) is 53.6 Å². The highest BCUT2D eigenvalue weighted by molar-refractivity contribution is 5.85. The Morgan fingerprint density at radius 2 is 2.08 bits per heavy atom. The first-order valence-electron chi connectivity index (χ1n) is 8.39. The Balaban J connectivity index is 0.00000121. The van der Waals surface area contributed by atoms with Gasteiger partial charge in [0, 0.05) is 37.5 Å². The number of halogens is 4. The number of alkyl halides is 2. The zero-order chi connectivity index (χ0) is 16.7. The van der Waals surface area contributed by atoms with Crippen LogP contribution in [0.15, 0.2) is 24.3 Å². The quantitative estimate of drug-likeness (QED) is 0.785. The number of hydrogen-bond donors (Lipinski definition) is 2. The summed E-state index contributed by atoms with van der Waals surface area (Å²) in [5, 5.41) is 6.17. The van der Waals surface area contributed by atoms with Crippen molar-refractivity contribution in [1.29, 1.82) is 0 Å². The Bertz CT molecular complexity index is 650. The van der Waals surface area contributed by atoms with E-state index in [9.17, 15) is 13.6 Å². The maximum Gasteiger partial charge on any atom is 0.262 e. The van der Waals surface area contributed by atoms with Crippen molar-refractivity contribution < 1.29 is 18.3 Å². The number of fused-ring (bicyclic) bond motifs is 2. The van der Waals surface area contributed by atoms with Gasteiger partial charge in [-0.1, -0.05) is 18.2 Å². The Morgan fingerprint density at radius 1 is 1.31 bits per heavy atom. The number of carbonyl (C=O) groups is 1. The van der Waals surface area contributed by atoms with Crippen LogP contribution in [-0.4, -0.2) is 55.1 Å². The van der Waals surface area contributed by atoms with E-state index < -0.39 is 12.0 Å². The van der Waals surface area contributed by atoms with Gasteiger partial charge in [-0.25, -0.2) is 8.78 Å². The third kappa shape index (κ3) is 4.22. The van der Waals surface area contributed by atoms with Gasteiger partial charge >= 0.3 is 0 Å². The van der Waals surface area contributed by atoms with E-state index in [2.05, 4.69) is 10.6 Å². The number of rotatable bonds is 2. The molecule has 3 aliphatic rings. The van der Waals surface area contributed by atoms with E-state index >= 15 is 0 Å². The van der Waals surface area contributed by atoms with Crippen molar-refractivity contribution in [2.24, 2.45) is 0 Å². The fourth-order valence-corrected chi connectivity index (χ4v) is 3.90. The number of nitrogens with zero attached hydrogens (tertiary/aromatic N) is 1. The molecule has 4 rings (SSSR count). The average molecular weight is 410 g/mol. The number of nitrogens with one attached hydrogen (secondary N) is 2. The molecular weight excluding hydrogens is 387 g/mol. The van der Waals surface area contributed by atoms with E-state index in [1.165, 1.54) is 0 Å². The van der Waals surface area contributed by atoms with Gasteiger partial charge in [0.25, 0.3) is 5.92 Å². The molecule has 1 aromatic rings. The molecule has 3 atom stereocenters. The van der Waals surface area contributed by atoms with Crippen LogP contribution in [0.5, 0.6) is 5.75 Å². The molecule has 146 valence electrons. The normalized spacial score (nSPS) is 29.2. The van der Waals surface area contributed by atoms with Gasteiger partial charge in [0.2, 0.25) is 5.91 Å². The molecule has 0 bridgehead atoms. The standard InChI is InChI=1S/C17H21F2N3O2.2ClH/c18-17(19)7-11-8-20-14(9-22(11)10-17)16(23)21-13-5-6-24-15-4-2-1-3-12(13)15;;/h1-4,11,13-14,20H,5-10H2,(H,21,23);2*1H/t11-,13-,14?;;/m1../s1. The average Bonchev–Trinajstić information content (AvgIpc) is 2.88. The second kappa shape index (κ2) is 8.25. The van der Waals surface area contributed by atoms with Gasteiger partial charge in [-0.2, -0.15) is 0 Å². The number of para-hydroxylation sites is 1. The maximum atomic E-state index is 13.5. The van der Waals surface area contributed by atoms with Crippen molar-refractivity contribution >= 4 is 30.7 Å². The van der Waals surface area contributed by atoms with Crippen LogP contribution in [0, 0.1) is 0 Å². The minimum absolute atomic E-state index is 0. The summed E-state index contributed by atoms with van der Waals surface area (Å²) in [6.45, 7) is 1.07. The van der Waals surface area contributed by atoms with Gasteiger partial charge in [0.1, 0.15) is 5.75 Å². The molecule has 0 aromatic heterocycles. The van der Waals surface area contributed by atoms with Crippen LogP contribution in [0.1, 0.15) is 24.4 Å². The molecule has 0 aliphatic carbocycles. The first-order valence-corrected chi connectivity index (χ1v) is 8.39. The van der Waals surface area contributed by atoms with Crippen molar-refractivity contribution in [3.8, 4) is 5.75 Å². The van der Waals surface area contributed by atoms with E-state index in [0.717, 1.165) is 11.3 Å². The summed E-state index contributed by atoms with van der Waals surface area (Å²) in [6.07, 6.45) is 0.585. The fourth-order valence-electron chi connectivity index (χ4n) is 3.90. The highest BCUT2D eigenvalue weighted by atomic mass is 35.5. The molecule has 3 aliphatic heterocycles. The summed E-state index contributed by atoms with van der Waals surface area (Å²) in [5.74, 6) is -1.98. The molecular formula is C17H23Cl2F2N3O2. The first-order chi connectivity index (χ1) is 11.5. The predicted molar refractivity (Wildman–Crippen MR) is 98.6 cm³/mol. The molecule has 3 heterocycles. The molecule has 0 spiro atoms. The smallest absolute Gasteiger partial charge is 0.262 e. The number of amides is 1.